The van der Waals surface area contributed by atoms with Crippen molar-refractivity contribution in [2.75, 3.05) is 33.9 Å². The topological polar surface area (TPSA) is 45.7 Å². The van der Waals surface area contributed by atoms with Crippen molar-refractivity contribution in [3.8, 4) is 0 Å². The van der Waals surface area contributed by atoms with Gasteiger partial charge in [0.2, 0.25) is 0 Å². The van der Waals surface area contributed by atoms with E-state index in [0.29, 0.717) is 0 Å². The number of nitrogens with one attached hydrogen (secondary N) is 2. The molecular weight excluding hydrogens is 396 g/mol. The second-order valence-electron chi connectivity index (χ2n) is 4.86. The Kier molecular flexibility index (Phi) is 13.2. The first-order chi connectivity index (χ1) is 10.3. The molecule has 1 aromatic rings. The fourth-order valence-electron chi connectivity index (χ4n) is 1.95. The zero-order valence-electron chi connectivity index (χ0n) is 13.4. The SMILES string of the molecule is CN=C(NCCCCCOC)NCCc1ccc(F)cc1.I. The molecule has 0 saturated heterocycles. The van der Waals surface area contributed by atoms with Crippen LogP contribution in [0.1, 0.15) is 24.8 Å². The molecule has 1 aromatic carbocycles. The third-order valence-electron chi connectivity index (χ3n) is 3.16. The summed E-state index contributed by atoms with van der Waals surface area (Å²) in [6.07, 6.45) is 4.18. The second kappa shape index (κ2) is 13.8. The van der Waals surface area contributed by atoms with E-state index in [1.807, 2.05) is 12.1 Å². The molecule has 0 aliphatic rings. The number of nitrogens with zero attached hydrogens (tertiary/aromatic N) is 1. The van der Waals surface area contributed by atoms with Crippen molar-refractivity contribution >= 4 is 29.9 Å². The molecule has 0 spiro atoms. The predicted octanol–water partition coefficient (Wildman–Crippen LogP) is 2.97. The van der Waals surface area contributed by atoms with E-state index in [1.165, 1.54) is 12.1 Å². The maximum absolute atomic E-state index is 12.8. The second-order valence-corrected chi connectivity index (χ2v) is 4.86. The van der Waals surface area contributed by atoms with Crippen LogP contribution < -0.4 is 10.6 Å². The molecule has 0 saturated carbocycles. The van der Waals surface area contributed by atoms with E-state index in [1.54, 1.807) is 14.2 Å². The molecule has 0 unspecified atom stereocenters. The Morgan fingerprint density at radius 2 is 1.77 bits per heavy atom. The summed E-state index contributed by atoms with van der Waals surface area (Å²) in [5.41, 5.74) is 1.11. The number of hydrogen-bond acceptors (Lipinski definition) is 2. The molecule has 0 radical (unpaired) electrons. The first kappa shape index (κ1) is 21.1. The normalized spacial score (nSPS) is 11.0. The lowest BCUT2D eigenvalue weighted by atomic mass is 10.1. The standard InChI is InChI=1S/C16H26FN3O.HI/c1-18-16(19-11-4-3-5-13-21-2)20-12-10-14-6-8-15(17)9-7-14;/h6-9H,3-5,10-13H2,1-2H3,(H2,18,19,20);1H. The van der Waals surface area contributed by atoms with Crippen LogP contribution in [-0.4, -0.2) is 39.8 Å². The number of methoxy groups -OCH3 is 1. The molecule has 0 atom stereocenters. The highest BCUT2D eigenvalue weighted by Crippen LogP contribution is 2.02. The van der Waals surface area contributed by atoms with Crippen molar-refractivity contribution in [3.63, 3.8) is 0 Å². The first-order valence-corrected chi connectivity index (χ1v) is 7.44. The lowest BCUT2D eigenvalue weighted by Gasteiger charge is -2.11. The van der Waals surface area contributed by atoms with Crippen molar-refractivity contribution in [2.24, 2.45) is 4.99 Å². The molecule has 22 heavy (non-hydrogen) atoms. The molecule has 0 fully saturated rings. The Balaban J connectivity index is 0.00000441. The van der Waals surface area contributed by atoms with Gasteiger partial charge >= 0.3 is 0 Å². The van der Waals surface area contributed by atoms with Crippen LogP contribution in [0.15, 0.2) is 29.3 Å². The van der Waals surface area contributed by atoms with Crippen LogP contribution in [0.3, 0.4) is 0 Å². The quantitative estimate of drug-likeness (QED) is 0.278. The van der Waals surface area contributed by atoms with Gasteiger partial charge in [0, 0.05) is 33.9 Å². The highest BCUT2D eigenvalue weighted by Gasteiger charge is 1.98. The predicted molar refractivity (Wildman–Crippen MR) is 101 cm³/mol. The molecule has 0 aliphatic carbocycles. The van der Waals surface area contributed by atoms with E-state index in [9.17, 15) is 4.39 Å². The van der Waals surface area contributed by atoms with Crippen molar-refractivity contribution in [1.82, 2.24) is 10.6 Å². The van der Waals surface area contributed by atoms with Crippen molar-refractivity contribution < 1.29 is 9.13 Å². The van der Waals surface area contributed by atoms with Gasteiger partial charge in [-0.25, -0.2) is 4.39 Å². The van der Waals surface area contributed by atoms with Gasteiger partial charge in [0.05, 0.1) is 0 Å². The van der Waals surface area contributed by atoms with E-state index < -0.39 is 0 Å². The Morgan fingerprint density at radius 3 is 2.41 bits per heavy atom. The Bertz CT molecular complexity index is 412. The maximum Gasteiger partial charge on any atom is 0.190 e. The monoisotopic (exact) mass is 423 g/mol. The zero-order chi connectivity index (χ0) is 15.3. The Labute approximate surface area is 149 Å². The molecule has 126 valence electrons. The summed E-state index contributed by atoms with van der Waals surface area (Å²) < 4.78 is 17.8. The number of guanidine groups is 1. The number of unbranched alkanes of at least 4 members (excludes halogenated alkanes) is 2. The van der Waals surface area contributed by atoms with Crippen molar-refractivity contribution in [1.29, 1.82) is 0 Å². The van der Waals surface area contributed by atoms with Crippen LogP contribution in [0.4, 0.5) is 4.39 Å². The summed E-state index contributed by atoms with van der Waals surface area (Å²) in [6, 6.07) is 6.59. The molecule has 1 rings (SSSR count). The van der Waals surface area contributed by atoms with Gasteiger partial charge in [-0.2, -0.15) is 0 Å². The first-order valence-electron chi connectivity index (χ1n) is 7.44. The van der Waals surface area contributed by atoms with E-state index in [-0.39, 0.29) is 29.8 Å². The Morgan fingerprint density at radius 1 is 1.09 bits per heavy atom. The maximum atomic E-state index is 12.8. The average molecular weight is 423 g/mol. The summed E-state index contributed by atoms with van der Waals surface area (Å²) >= 11 is 0. The number of ether oxygens (including phenoxy) is 1. The number of hydrogen-bond donors (Lipinski definition) is 2. The van der Waals surface area contributed by atoms with Crippen LogP contribution in [-0.2, 0) is 11.2 Å². The van der Waals surface area contributed by atoms with Crippen LogP contribution >= 0.6 is 24.0 Å². The van der Waals surface area contributed by atoms with Gasteiger partial charge in [-0.3, -0.25) is 4.99 Å². The summed E-state index contributed by atoms with van der Waals surface area (Å²) in [4.78, 5) is 4.18. The van der Waals surface area contributed by atoms with Gasteiger partial charge in [0.1, 0.15) is 5.82 Å². The van der Waals surface area contributed by atoms with E-state index in [4.69, 9.17) is 4.74 Å². The fraction of sp³-hybridized carbons (Fsp3) is 0.562. The average Bonchev–Trinajstić information content (AvgIpc) is 2.50. The van der Waals surface area contributed by atoms with E-state index in [2.05, 4.69) is 15.6 Å². The van der Waals surface area contributed by atoms with Gasteiger partial charge in [0.25, 0.3) is 0 Å². The van der Waals surface area contributed by atoms with E-state index in [0.717, 1.165) is 56.9 Å². The van der Waals surface area contributed by atoms with Crippen LogP contribution in [0.5, 0.6) is 0 Å². The van der Waals surface area contributed by atoms with Crippen molar-refractivity contribution in [3.05, 3.63) is 35.6 Å². The van der Waals surface area contributed by atoms with Gasteiger partial charge in [-0.05, 0) is 43.4 Å². The van der Waals surface area contributed by atoms with Crippen LogP contribution in [0, 0.1) is 5.82 Å². The summed E-state index contributed by atoms with van der Waals surface area (Å²) in [5, 5.41) is 6.53. The molecule has 0 aliphatic heterocycles. The highest BCUT2D eigenvalue weighted by atomic mass is 127. The molecule has 4 nitrogen and oxygen atoms in total. The minimum absolute atomic E-state index is 0. The fourth-order valence-corrected chi connectivity index (χ4v) is 1.95. The van der Waals surface area contributed by atoms with Gasteiger partial charge in [-0.15, -0.1) is 24.0 Å². The Hall–Kier alpha value is -0.890. The number of aliphatic imine (C=N–C) groups is 1. The third kappa shape index (κ3) is 9.94. The minimum atomic E-state index is -0.197. The minimum Gasteiger partial charge on any atom is -0.385 e. The largest absolute Gasteiger partial charge is 0.385 e. The third-order valence-corrected chi connectivity index (χ3v) is 3.16. The lowest BCUT2D eigenvalue weighted by Crippen LogP contribution is -2.38. The van der Waals surface area contributed by atoms with E-state index >= 15 is 0 Å². The van der Waals surface area contributed by atoms with Gasteiger partial charge < -0.3 is 15.4 Å². The number of halogens is 2. The van der Waals surface area contributed by atoms with Crippen molar-refractivity contribution in [2.45, 2.75) is 25.7 Å². The summed E-state index contributed by atoms with van der Waals surface area (Å²) in [7, 11) is 3.49. The number of rotatable bonds is 9. The number of benzene rings is 1. The van der Waals surface area contributed by atoms with Crippen LogP contribution in [0.25, 0.3) is 0 Å². The highest BCUT2D eigenvalue weighted by molar-refractivity contribution is 14.0. The zero-order valence-corrected chi connectivity index (χ0v) is 15.7. The summed E-state index contributed by atoms with van der Waals surface area (Å²) in [5.74, 6) is 0.613. The molecule has 0 aromatic heterocycles. The molecule has 0 amide bonds. The van der Waals surface area contributed by atoms with Gasteiger partial charge in [-0.1, -0.05) is 12.1 Å². The molecule has 0 heterocycles. The van der Waals surface area contributed by atoms with Gasteiger partial charge in [0.15, 0.2) is 5.96 Å². The molecule has 6 heteroatoms. The lowest BCUT2D eigenvalue weighted by molar-refractivity contribution is 0.192. The molecule has 0 bridgehead atoms. The van der Waals surface area contributed by atoms with Crippen LogP contribution in [0.2, 0.25) is 0 Å². The molecular formula is C16H27FIN3O. The molecule has 2 N–H and O–H groups in total. The summed E-state index contributed by atoms with van der Waals surface area (Å²) in [6.45, 7) is 2.50. The smallest absolute Gasteiger partial charge is 0.190 e.